The normalized spacial score (nSPS) is 25.6. The molecule has 1 amide bonds. The zero-order chi connectivity index (χ0) is 14.7. The Kier molecular flexibility index (Phi) is 4.48. The number of nitrogens with one attached hydrogen (secondary N) is 1. The van der Waals surface area contributed by atoms with Crippen LogP contribution in [0.4, 0.5) is 5.82 Å². The Hall–Kier alpha value is -1.77. The third-order valence-electron chi connectivity index (χ3n) is 3.11. The van der Waals surface area contributed by atoms with Gasteiger partial charge in [0.1, 0.15) is 18.1 Å². The van der Waals surface area contributed by atoms with Crippen LogP contribution in [0.1, 0.15) is 26.0 Å². The van der Waals surface area contributed by atoms with Crippen LogP contribution < -0.4 is 11.0 Å². The molecule has 3 N–H and O–H groups in total. The monoisotopic (exact) mass is 283 g/mol. The van der Waals surface area contributed by atoms with E-state index in [9.17, 15) is 14.7 Å². The van der Waals surface area contributed by atoms with Crippen LogP contribution in [0.15, 0.2) is 17.1 Å². The lowest BCUT2D eigenvalue weighted by molar-refractivity contribution is -0.115. The van der Waals surface area contributed by atoms with E-state index in [1.54, 1.807) is 6.92 Å². The summed E-state index contributed by atoms with van der Waals surface area (Å²) in [5.74, 6) is -0.0575. The standard InChI is InChI=1S/C12H17N3O5/c1-2-10(18)13-9-3-4-15(12(19)14-9)11-5-7(17)8(6-16)20-11/h3-4,7-8,11,16-17H,2,5-6H2,1H3,(H,13,14,18,19)/t7-,8+,11+/m0/s1. The molecule has 110 valence electrons. The van der Waals surface area contributed by atoms with Gasteiger partial charge in [0.2, 0.25) is 5.91 Å². The molecule has 1 aliphatic rings. The fourth-order valence-corrected chi connectivity index (χ4v) is 1.98. The van der Waals surface area contributed by atoms with Gasteiger partial charge in [0.05, 0.1) is 12.7 Å². The molecule has 8 nitrogen and oxygen atoms in total. The number of aromatic nitrogens is 2. The van der Waals surface area contributed by atoms with Crippen molar-refractivity contribution in [3.8, 4) is 0 Å². The highest BCUT2D eigenvalue weighted by molar-refractivity contribution is 5.89. The van der Waals surface area contributed by atoms with E-state index in [1.807, 2.05) is 0 Å². The zero-order valence-electron chi connectivity index (χ0n) is 11.0. The van der Waals surface area contributed by atoms with Crippen LogP contribution in [0.3, 0.4) is 0 Å². The maximum Gasteiger partial charge on any atom is 0.351 e. The van der Waals surface area contributed by atoms with Gasteiger partial charge in [0.15, 0.2) is 0 Å². The highest BCUT2D eigenvalue weighted by atomic mass is 16.5. The molecule has 0 bridgehead atoms. The summed E-state index contributed by atoms with van der Waals surface area (Å²) in [7, 11) is 0. The molecule has 1 aromatic heterocycles. The molecular formula is C12H17N3O5. The van der Waals surface area contributed by atoms with Gasteiger partial charge in [-0.2, -0.15) is 4.98 Å². The molecule has 1 aromatic rings. The fourth-order valence-electron chi connectivity index (χ4n) is 1.98. The first kappa shape index (κ1) is 14.6. The van der Waals surface area contributed by atoms with E-state index in [-0.39, 0.29) is 24.8 Å². The van der Waals surface area contributed by atoms with Gasteiger partial charge in [-0.3, -0.25) is 9.36 Å². The van der Waals surface area contributed by atoms with Gasteiger partial charge in [0.25, 0.3) is 0 Å². The van der Waals surface area contributed by atoms with Gasteiger partial charge in [-0.15, -0.1) is 0 Å². The second-order valence-electron chi connectivity index (χ2n) is 4.52. The Balaban J connectivity index is 2.15. The molecule has 1 saturated heterocycles. The molecule has 0 saturated carbocycles. The van der Waals surface area contributed by atoms with Crippen molar-refractivity contribution in [1.29, 1.82) is 0 Å². The molecule has 1 aliphatic heterocycles. The van der Waals surface area contributed by atoms with E-state index >= 15 is 0 Å². The fraction of sp³-hybridized carbons (Fsp3) is 0.583. The van der Waals surface area contributed by atoms with E-state index < -0.39 is 24.1 Å². The number of aliphatic hydroxyl groups is 2. The third kappa shape index (κ3) is 3.03. The third-order valence-corrected chi connectivity index (χ3v) is 3.11. The summed E-state index contributed by atoms with van der Waals surface area (Å²) in [6.07, 6.45) is -0.257. The van der Waals surface area contributed by atoms with Crippen molar-refractivity contribution in [2.75, 3.05) is 11.9 Å². The van der Waals surface area contributed by atoms with E-state index in [1.165, 1.54) is 16.8 Å². The number of hydrogen-bond acceptors (Lipinski definition) is 6. The molecular weight excluding hydrogens is 266 g/mol. The molecule has 1 fully saturated rings. The first-order chi connectivity index (χ1) is 9.55. The average Bonchev–Trinajstić information content (AvgIpc) is 2.79. The Morgan fingerprint density at radius 1 is 1.65 bits per heavy atom. The Bertz CT molecular complexity index is 544. The van der Waals surface area contributed by atoms with Crippen LogP contribution in [-0.4, -0.2) is 44.5 Å². The van der Waals surface area contributed by atoms with Crippen molar-refractivity contribution < 1.29 is 19.7 Å². The number of carbonyl (C=O) groups excluding carboxylic acids is 1. The van der Waals surface area contributed by atoms with Crippen molar-refractivity contribution in [2.45, 2.75) is 38.2 Å². The zero-order valence-corrected chi connectivity index (χ0v) is 11.0. The summed E-state index contributed by atoms with van der Waals surface area (Å²) in [6, 6.07) is 1.48. The smallest absolute Gasteiger partial charge is 0.351 e. The number of anilines is 1. The van der Waals surface area contributed by atoms with Gasteiger partial charge in [-0.25, -0.2) is 4.79 Å². The van der Waals surface area contributed by atoms with Gasteiger partial charge < -0.3 is 20.3 Å². The highest BCUT2D eigenvalue weighted by Crippen LogP contribution is 2.27. The van der Waals surface area contributed by atoms with Gasteiger partial charge in [0, 0.05) is 19.0 Å². The van der Waals surface area contributed by atoms with Crippen LogP contribution in [0.2, 0.25) is 0 Å². The quantitative estimate of drug-likeness (QED) is 0.669. The maximum absolute atomic E-state index is 11.9. The van der Waals surface area contributed by atoms with Crippen molar-refractivity contribution in [2.24, 2.45) is 0 Å². The molecule has 0 aliphatic carbocycles. The lowest BCUT2D eigenvalue weighted by Crippen LogP contribution is -2.28. The topological polar surface area (TPSA) is 114 Å². The molecule has 20 heavy (non-hydrogen) atoms. The molecule has 3 atom stereocenters. The maximum atomic E-state index is 11.9. The van der Waals surface area contributed by atoms with Crippen LogP contribution >= 0.6 is 0 Å². The number of amides is 1. The molecule has 8 heteroatoms. The minimum absolute atomic E-state index is 0.176. The lowest BCUT2D eigenvalue weighted by Gasteiger charge is -2.14. The van der Waals surface area contributed by atoms with Crippen molar-refractivity contribution in [3.63, 3.8) is 0 Å². The molecule has 2 heterocycles. The summed E-state index contributed by atoms with van der Waals surface area (Å²) in [6.45, 7) is 1.38. The minimum atomic E-state index is -0.823. The summed E-state index contributed by atoms with van der Waals surface area (Å²) < 4.78 is 6.59. The summed E-state index contributed by atoms with van der Waals surface area (Å²) >= 11 is 0. The number of ether oxygens (including phenoxy) is 1. The molecule has 0 unspecified atom stereocenters. The van der Waals surface area contributed by atoms with Crippen LogP contribution in [0, 0.1) is 0 Å². The predicted octanol–water partition coefficient (Wildman–Crippen LogP) is -0.768. The largest absolute Gasteiger partial charge is 0.394 e. The first-order valence-corrected chi connectivity index (χ1v) is 6.38. The number of hydrogen-bond donors (Lipinski definition) is 3. The SMILES string of the molecule is CCC(=O)Nc1ccn([C@H]2C[C@H](O)[C@@H](CO)O2)c(=O)n1. The van der Waals surface area contributed by atoms with Crippen LogP contribution in [0.25, 0.3) is 0 Å². The van der Waals surface area contributed by atoms with Crippen molar-refractivity contribution in [1.82, 2.24) is 9.55 Å². The van der Waals surface area contributed by atoms with E-state index in [2.05, 4.69) is 10.3 Å². The van der Waals surface area contributed by atoms with Crippen LogP contribution in [0.5, 0.6) is 0 Å². The minimum Gasteiger partial charge on any atom is -0.394 e. The average molecular weight is 283 g/mol. The van der Waals surface area contributed by atoms with Gasteiger partial charge in [-0.05, 0) is 6.07 Å². The molecule has 0 radical (unpaired) electrons. The number of rotatable bonds is 4. The number of aliphatic hydroxyl groups excluding tert-OH is 2. The Labute approximate surface area is 115 Å². The van der Waals surface area contributed by atoms with Crippen LogP contribution in [-0.2, 0) is 9.53 Å². The summed E-state index contributed by atoms with van der Waals surface area (Å²) in [4.78, 5) is 26.8. The first-order valence-electron chi connectivity index (χ1n) is 6.38. The van der Waals surface area contributed by atoms with E-state index in [0.29, 0.717) is 6.42 Å². The second kappa shape index (κ2) is 6.12. The molecule has 0 aromatic carbocycles. The number of carbonyl (C=O) groups is 1. The Morgan fingerprint density at radius 2 is 2.40 bits per heavy atom. The molecule has 0 spiro atoms. The highest BCUT2D eigenvalue weighted by Gasteiger charge is 2.34. The van der Waals surface area contributed by atoms with Gasteiger partial charge in [-0.1, -0.05) is 6.92 Å². The second-order valence-corrected chi connectivity index (χ2v) is 4.52. The predicted molar refractivity (Wildman–Crippen MR) is 69.0 cm³/mol. The summed E-state index contributed by atoms with van der Waals surface area (Å²) in [5.41, 5.74) is -0.588. The van der Waals surface area contributed by atoms with Crippen molar-refractivity contribution in [3.05, 3.63) is 22.7 Å². The summed E-state index contributed by atoms with van der Waals surface area (Å²) in [5, 5.41) is 21.1. The Morgan fingerprint density at radius 3 is 2.95 bits per heavy atom. The van der Waals surface area contributed by atoms with E-state index in [0.717, 1.165) is 0 Å². The molecule has 2 rings (SSSR count). The van der Waals surface area contributed by atoms with E-state index in [4.69, 9.17) is 9.84 Å². The van der Waals surface area contributed by atoms with Gasteiger partial charge >= 0.3 is 5.69 Å². The van der Waals surface area contributed by atoms with Crippen molar-refractivity contribution >= 4 is 11.7 Å². The number of nitrogens with zero attached hydrogens (tertiary/aromatic N) is 2. The lowest BCUT2D eigenvalue weighted by atomic mass is 10.2.